The van der Waals surface area contributed by atoms with Gasteiger partial charge in [0.25, 0.3) is 5.91 Å². The number of fused-ring (bicyclic) bond motifs is 4. The van der Waals surface area contributed by atoms with E-state index in [1.807, 2.05) is 24.3 Å². The molecule has 0 radical (unpaired) electrons. The molecule has 1 N–H and O–H groups in total. The summed E-state index contributed by atoms with van der Waals surface area (Å²) in [6, 6.07) is 8.00. The van der Waals surface area contributed by atoms with Gasteiger partial charge >= 0.3 is 0 Å². The number of thiophene rings is 1. The lowest BCUT2D eigenvalue weighted by Crippen LogP contribution is -2.69. The van der Waals surface area contributed by atoms with Gasteiger partial charge in [-0.05, 0) is 69.3 Å². The summed E-state index contributed by atoms with van der Waals surface area (Å²) in [5, 5.41) is 4.42. The van der Waals surface area contributed by atoms with Crippen molar-refractivity contribution in [2.24, 2.45) is 5.92 Å². The molecule has 5 rings (SSSR count). The monoisotopic (exact) mass is 348 g/mol. The summed E-state index contributed by atoms with van der Waals surface area (Å²) in [4.78, 5) is 15.3. The molecule has 0 unspecified atom stereocenters. The van der Waals surface area contributed by atoms with Crippen molar-refractivity contribution in [3.05, 3.63) is 34.2 Å². The van der Waals surface area contributed by atoms with Crippen LogP contribution < -0.4 is 5.32 Å². The fourth-order valence-electron chi connectivity index (χ4n) is 4.24. The molecule has 1 aromatic carbocycles. The van der Waals surface area contributed by atoms with Crippen molar-refractivity contribution in [1.82, 2.24) is 10.2 Å². The molecule has 0 aliphatic carbocycles. The summed E-state index contributed by atoms with van der Waals surface area (Å²) in [6.45, 7) is 6.82. The number of carbonyl (C=O) groups excluding carboxylic acids is 1. The second kappa shape index (κ2) is 5.47. The van der Waals surface area contributed by atoms with Crippen molar-refractivity contribution in [3.8, 4) is 0 Å². The zero-order valence-corrected chi connectivity index (χ0v) is 15.0. The second-order valence-electron chi connectivity index (χ2n) is 7.23. The van der Waals surface area contributed by atoms with Gasteiger partial charge in [-0.25, -0.2) is 0 Å². The molecule has 23 heavy (non-hydrogen) atoms. The zero-order valence-electron chi connectivity index (χ0n) is 13.4. The molecule has 0 saturated carbocycles. The minimum absolute atomic E-state index is 0.0308. The summed E-state index contributed by atoms with van der Waals surface area (Å²) in [5.74, 6) is 0.627. The molecule has 5 heteroatoms. The Labute approximate surface area is 145 Å². The van der Waals surface area contributed by atoms with E-state index in [1.165, 1.54) is 24.2 Å². The standard InChI is InChI=1S/C18H21ClN2OS/c1-18(2)16(11-5-7-21(18)8-6-11)20-17(22)13-4-3-12-10-15(19)23-14(12)9-13/h3-4,9-11,16H,5-8H2,1-2H3,(H,20,22)/t16-/m0/s1. The highest BCUT2D eigenvalue weighted by Crippen LogP contribution is 2.39. The largest absolute Gasteiger partial charge is 0.347 e. The Morgan fingerprint density at radius 1 is 1.30 bits per heavy atom. The fraction of sp³-hybridized carbons (Fsp3) is 0.500. The Balaban J connectivity index is 1.58. The highest BCUT2D eigenvalue weighted by Gasteiger charge is 2.48. The number of hydrogen-bond acceptors (Lipinski definition) is 3. The van der Waals surface area contributed by atoms with Gasteiger partial charge in [-0.15, -0.1) is 11.3 Å². The number of rotatable bonds is 2. The van der Waals surface area contributed by atoms with Crippen LogP contribution in [0.5, 0.6) is 0 Å². The van der Waals surface area contributed by atoms with Crippen LogP contribution in [-0.4, -0.2) is 35.5 Å². The van der Waals surface area contributed by atoms with Gasteiger partial charge in [0.1, 0.15) is 0 Å². The van der Waals surface area contributed by atoms with E-state index in [9.17, 15) is 4.79 Å². The van der Waals surface area contributed by atoms with Crippen LogP contribution in [0.2, 0.25) is 4.34 Å². The topological polar surface area (TPSA) is 32.3 Å². The quantitative estimate of drug-likeness (QED) is 0.883. The van der Waals surface area contributed by atoms with Gasteiger partial charge in [-0.2, -0.15) is 0 Å². The van der Waals surface area contributed by atoms with Crippen molar-refractivity contribution >= 4 is 38.9 Å². The van der Waals surface area contributed by atoms with Crippen molar-refractivity contribution in [2.75, 3.05) is 13.1 Å². The maximum atomic E-state index is 12.8. The molecule has 1 amide bonds. The third kappa shape index (κ3) is 2.57. The highest BCUT2D eigenvalue weighted by atomic mass is 35.5. The van der Waals surface area contributed by atoms with Crippen LogP contribution in [-0.2, 0) is 0 Å². The Hall–Kier alpha value is -1.10. The Kier molecular flexibility index (Phi) is 3.67. The second-order valence-corrected chi connectivity index (χ2v) is 8.95. The smallest absolute Gasteiger partial charge is 0.251 e. The van der Waals surface area contributed by atoms with Crippen LogP contribution in [0.1, 0.15) is 37.0 Å². The predicted octanol–water partition coefficient (Wildman–Crippen LogP) is 4.16. The van der Waals surface area contributed by atoms with E-state index in [2.05, 4.69) is 24.1 Å². The van der Waals surface area contributed by atoms with Gasteiger partial charge in [0, 0.05) is 21.8 Å². The number of nitrogens with zero attached hydrogens (tertiary/aromatic N) is 1. The summed E-state index contributed by atoms with van der Waals surface area (Å²) in [6.07, 6.45) is 2.38. The molecule has 3 aliphatic rings. The first-order chi connectivity index (χ1) is 10.9. The van der Waals surface area contributed by atoms with E-state index in [4.69, 9.17) is 11.6 Å². The normalized spacial score (nSPS) is 28.9. The first-order valence-corrected chi connectivity index (χ1v) is 9.39. The van der Waals surface area contributed by atoms with Crippen molar-refractivity contribution < 1.29 is 4.79 Å². The van der Waals surface area contributed by atoms with Crippen LogP contribution in [0.4, 0.5) is 0 Å². The van der Waals surface area contributed by atoms with E-state index in [-0.39, 0.29) is 17.5 Å². The molecule has 3 aliphatic heterocycles. The van der Waals surface area contributed by atoms with Crippen molar-refractivity contribution in [3.63, 3.8) is 0 Å². The molecule has 3 nitrogen and oxygen atoms in total. The van der Waals surface area contributed by atoms with Gasteiger partial charge in [0.05, 0.1) is 4.34 Å². The third-order valence-electron chi connectivity index (χ3n) is 5.63. The number of piperidine rings is 3. The molecule has 2 bridgehead atoms. The summed E-state index contributed by atoms with van der Waals surface area (Å²) in [7, 11) is 0. The predicted molar refractivity (Wildman–Crippen MR) is 96.5 cm³/mol. The van der Waals surface area contributed by atoms with Crippen LogP contribution >= 0.6 is 22.9 Å². The molecule has 4 heterocycles. The molecule has 122 valence electrons. The minimum Gasteiger partial charge on any atom is -0.347 e. The summed E-state index contributed by atoms with van der Waals surface area (Å²) in [5.41, 5.74) is 0.760. The Morgan fingerprint density at radius 3 is 2.74 bits per heavy atom. The van der Waals surface area contributed by atoms with Crippen LogP contribution in [0.25, 0.3) is 10.1 Å². The molecule has 1 atom stereocenters. The first-order valence-electron chi connectivity index (χ1n) is 8.20. The lowest BCUT2D eigenvalue weighted by atomic mass is 9.72. The lowest BCUT2D eigenvalue weighted by molar-refractivity contribution is -0.0378. The van der Waals surface area contributed by atoms with E-state index in [0.29, 0.717) is 5.92 Å². The van der Waals surface area contributed by atoms with E-state index >= 15 is 0 Å². The molecule has 0 spiro atoms. The van der Waals surface area contributed by atoms with Gasteiger partial charge in [-0.3, -0.25) is 9.69 Å². The number of hydrogen-bond donors (Lipinski definition) is 1. The molecule has 3 fully saturated rings. The van der Waals surface area contributed by atoms with Crippen LogP contribution in [0, 0.1) is 5.92 Å². The van der Waals surface area contributed by atoms with Crippen molar-refractivity contribution in [1.29, 1.82) is 0 Å². The fourth-order valence-corrected chi connectivity index (χ4v) is 5.44. The number of nitrogens with one attached hydrogen (secondary N) is 1. The summed E-state index contributed by atoms with van der Waals surface area (Å²) < 4.78 is 1.83. The number of amides is 1. The van der Waals surface area contributed by atoms with E-state index in [0.717, 1.165) is 33.1 Å². The van der Waals surface area contributed by atoms with Gasteiger partial charge in [0.2, 0.25) is 0 Å². The Morgan fingerprint density at radius 2 is 2.04 bits per heavy atom. The average molecular weight is 349 g/mol. The SMILES string of the molecule is CC1(C)[C@@H](NC(=O)c2ccc3cc(Cl)sc3c2)C2CCN1CC2. The third-order valence-corrected chi connectivity index (χ3v) is 6.85. The number of carbonyl (C=O) groups is 1. The van der Waals surface area contributed by atoms with E-state index in [1.54, 1.807) is 0 Å². The van der Waals surface area contributed by atoms with Gasteiger partial charge in [-0.1, -0.05) is 17.7 Å². The molecule has 2 aromatic rings. The van der Waals surface area contributed by atoms with E-state index < -0.39 is 0 Å². The van der Waals surface area contributed by atoms with Gasteiger partial charge in [0.15, 0.2) is 0 Å². The zero-order chi connectivity index (χ0) is 16.2. The summed E-state index contributed by atoms with van der Waals surface area (Å²) >= 11 is 7.58. The van der Waals surface area contributed by atoms with Crippen molar-refractivity contribution in [2.45, 2.75) is 38.3 Å². The molecular formula is C18H21ClN2OS. The average Bonchev–Trinajstić information content (AvgIpc) is 2.90. The minimum atomic E-state index is 0.0308. The number of halogens is 1. The number of benzene rings is 1. The lowest BCUT2D eigenvalue weighted by Gasteiger charge is -2.56. The first kappa shape index (κ1) is 15.4. The Bertz CT molecular complexity index is 761. The maximum Gasteiger partial charge on any atom is 0.251 e. The maximum absolute atomic E-state index is 12.8. The molecule has 3 saturated heterocycles. The molecule has 1 aromatic heterocycles. The van der Waals surface area contributed by atoms with Crippen LogP contribution in [0.15, 0.2) is 24.3 Å². The van der Waals surface area contributed by atoms with Crippen LogP contribution in [0.3, 0.4) is 0 Å². The van der Waals surface area contributed by atoms with Gasteiger partial charge < -0.3 is 5.32 Å². The highest BCUT2D eigenvalue weighted by molar-refractivity contribution is 7.22. The molecular weight excluding hydrogens is 328 g/mol.